The highest BCUT2D eigenvalue weighted by Gasteiger charge is 2.04. The van der Waals surface area contributed by atoms with Crippen molar-refractivity contribution in [3.8, 4) is 6.07 Å². The third-order valence-electron chi connectivity index (χ3n) is 2.18. The molecule has 80 valence electrons. The second-order valence-electron chi connectivity index (χ2n) is 3.47. The van der Waals surface area contributed by atoms with Crippen LogP contribution in [-0.2, 0) is 6.54 Å². The van der Waals surface area contributed by atoms with E-state index in [0.29, 0.717) is 11.6 Å². The zero-order valence-corrected chi connectivity index (χ0v) is 9.44. The zero-order chi connectivity index (χ0) is 11.5. The van der Waals surface area contributed by atoms with Gasteiger partial charge in [-0.05, 0) is 24.1 Å². The maximum absolute atomic E-state index is 8.59. The summed E-state index contributed by atoms with van der Waals surface area (Å²) in [5.41, 5.74) is 2.08. The molecule has 0 spiro atoms. The van der Waals surface area contributed by atoms with Gasteiger partial charge in [0, 0.05) is 5.02 Å². The first-order valence-corrected chi connectivity index (χ1v) is 5.11. The second kappa shape index (κ2) is 4.33. The molecule has 0 radical (unpaired) electrons. The third-order valence-corrected chi connectivity index (χ3v) is 2.53. The summed E-state index contributed by atoms with van der Waals surface area (Å²) in [6.45, 7) is 2.51. The number of hydrogen-bond donors (Lipinski definition) is 0. The van der Waals surface area contributed by atoms with Crippen LogP contribution >= 0.6 is 11.6 Å². The molecule has 1 heterocycles. The first-order chi connectivity index (χ1) is 7.69. The van der Waals surface area contributed by atoms with Crippen LogP contribution in [0.1, 0.15) is 17.0 Å². The van der Waals surface area contributed by atoms with Crippen LogP contribution in [-0.4, -0.2) is 14.8 Å². The lowest BCUT2D eigenvalue weighted by Gasteiger charge is -2.04. The molecule has 0 N–H and O–H groups in total. The van der Waals surface area contributed by atoms with Gasteiger partial charge in [0.15, 0.2) is 0 Å². The number of aromatic nitrogens is 3. The Morgan fingerprint density at radius 1 is 1.50 bits per heavy atom. The minimum atomic E-state index is 0.170. The summed E-state index contributed by atoms with van der Waals surface area (Å²) in [6.07, 6.45) is 1.52. The number of halogens is 1. The van der Waals surface area contributed by atoms with Crippen molar-refractivity contribution in [2.45, 2.75) is 13.5 Å². The predicted octanol–water partition coefficient (Wildman–Crippen LogP) is 2.16. The summed E-state index contributed by atoms with van der Waals surface area (Å²) in [5.74, 6) is 0.170. The van der Waals surface area contributed by atoms with Gasteiger partial charge in [-0.2, -0.15) is 5.26 Å². The van der Waals surface area contributed by atoms with E-state index in [1.807, 2.05) is 31.2 Å². The van der Waals surface area contributed by atoms with E-state index in [4.69, 9.17) is 16.9 Å². The van der Waals surface area contributed by atoms with Crippen molar-refractivity contribution < 1.29 is 0 Å². The van der Waals surface area contributed by atoms with Crippen LogP contribution in [0.5, 0.6) is 0 Å². The molecular weight excluding hydrogens is 224 g/mol. The number of nitriles is 1. The molecule has 0 amide bonds. The molecule has 0 bridgehead atoms. The summed E-state index contributed by atoms with van der Waals surface area (Å²) in [4.78, 5) is 3.83. The molecule has 0 saturated carbocycles. The maximum Gasteiger partial charge on any atom is 0.252 e. The smallest absolute Gasteiger partial charge is 0.247 e. The lowest BCUT2D eigenvalue weighted by molar-refractivity contribution is 0.682. The first-order valence-electron chi connectivity index (χ1n) is 4.73. The lowest BCUT2D eigenvalue weighted by Crippen LogP contribution is -2.01. The van der Waals surface area contributed by atoms with Crippen molar-refractivity contribution in [2.75, 3.05) is 0 Å². The SMILES string of the molecule is Cc1ccc(Cn2cnc(C#N)n2)c(Cl)c1. The van der Waals surface area contributed by atoms with E-state index < -0.39 is 0 Å². The number of nitrogens with zero attached hydrogens (tertiary/aromatic N) is 4. The molecule has 0 aliphatic carbocycles. The number of hydrogen-bond acceptors (Lipinski definition) is 3. The molecule has 0 saturated heterocycles. The van der Waals surface area contributed by atoms with Crippen molar-refractivity contribution in [1.82, 2.24) is 14.8 Å². The highest BCUT2D eigenvalue weighted by atomic mass is 35.5. The molecule has 4 nitrogen and oxygen atoms in total. The van der Waals surface area contributed by atoms with Gasteiger partial charge < -0.3 is 0 Å². The lowest BCUT2D eigenvalue weighted by atomic mass is 10.1. The van der Waals surface area contributed by atoms with Crippen molar-refractivity contribution in [3.05, 3.63) is 46.5 Å². The van der Waals surface area contributed by atoms with Crippen LogP contribution in [0.4, 0.5) is 0 Å². The minimum absolute atomic E-state index is 0.170. The number of aryl methyl sites for hydroxylation is 1. The van der Waals surface area contributed by atoms with Gasteiger partial charge in [-0.1, -0.05) is 23.7 Å². The van der Waals surface area contributed by atoms with Gasteiger partial charge in [-0.15, -0.1) is 5.10 Å². The highest BCUT2D eigenvalue weighted by Crippen LogP contribution is 2.18. The molecule has 1 aromatic heterocycles. The highest BCUT2D eigenvalue weighted by molar-refractivity contribution is 6.31. The van der Waals surface area contributed by atoms with E-state index in [1.165, 1.54) is 6.33 Å². The normalized spacial score (nSPS) is 10.1. The summed E-state index contributed by atoms with van der Waals surface area (Å²) in [5, 5.41) is 13.3. The summed E-state index contributed by atoms with van der Waals surface area (Å²) < 4.78 is 1.59. The maximum atomic E-state index is 8.59. The Morgan fingerprint density at radius 2 is 2.31 bits per heavy atom. The average Bonchev–Trinajstić information content (AvgIpc) is 2.70. The summed E-state index contributed by atoms with van der Waals surface area (Å²) in [6, 6.07) is 7.72. The van der Waals surface area contributed by atoms with Gasteiger partial charge >= 0.3 is 0 Å². The van der Waals surface area contributed by atoms with Crippen molar-refractivity contribution in [3.63, 3.8) is 0 Å². The van der Waals surface area contributed by atoms with Crippen LogP contribution in [0.15, 0.2) is 24.5 Å². The summed E-state index contributed by atoms with van der Waals surface area (Å²) in [7, 11) is 0. The topological polar surface area (TPSA) is 54.5 Å². The molecule has 2 aromatic rings. The molecule has 0 aliphatic rings. The number of rotatable bonds is 2. The Balaban J connectivity index is 2.24. The molecule has 2 rings (SSSR count). The van der Waals surface area contributed by atoms with E-state index in [2.05, 4.69) is 10.1 Å². The van der Waals surface area contributed by atoms with Crippen LogP contribution < -0.4 is 0 Å². The van der Waals surface area contributed by atoms with E-state index in [0.717, 1.165) is 11.1 Å². The average molecular weight is 233 g/mol. The Kier molecular flexibility index (Phi) is 2.88. The largest absolute Gasteiger partial charge is 0.252 e. The predicted molar refractivity (Wildman–Crippen MR) is 60.0 cm³/mol. The molecule has 0 aliphatic heterocycles. The molecule has 0 unspecified atom stereocenters. The fourth-order valence-corrected chi connectivity index (χ4v) is 1.67. The molecule has 16 heavy (non-hydrogen) atoms. The Labute approximate surface area is 98.1 Å². The van der Waals surface area contributed by atoms with Gasteiger partial charge in [0.05, 0.1) is 6.54 Å². The van der Waals surface area contributed by atoms with Crippen LogP contribution in [0.25, 0.3) is 0 Å². The van der Waals surface area contributed by atoms with Gasteiger partial charge in [-0.3, -0.25) is 0 Å². The molecule has 1 aromatic carbocycles. The van der Waals surface area contributed by atoms with Crippen LogP contribution in [0.3, 0.4) is 0 Å². The Morgan fingerprint density at radius 3 is 2.94 bits per heavy atom. The van der Waals surface area contributed by atoms with Gasteiger partial charge in [-0.25, -0.2) is 9.67 Å². The molecular formula is C11H9ClN4. The van der Waals surface area contributed by atoms with Crippen LogP contribution in [0.2, 0.25) is 5.02 Å². The zero-order valence-electron chi connectivity index (χ0n) is 8.68. The van der Waals surface area contributed by atoms with Crippen molar-refractivity contribution >= 4 is 11.6 Å². The van der Waals surface area contributed by atoms with Gasteiger partial charge in [0.25, 0.3) is 5.82 Å². The standard InChI is InChI=1S/C11H9ClN4/c1-8-2-3-9(10(12)4-8)6-16-7-14-11(5-13)15-16/h2-4,7H,6H2,1H3. The van der Waals surface area contributed by atoms with E-state index in [-0.39, 0.29) is 5.82 Å². The third kappa shape index (κ3) is 2.20. The van der Waals surface area contributed by atoms with Crippen molar-refractivity contribution in [1.29, 1.82) is 5.26 Å². The monoisotopic (exact) mass is 232 g/mol. The Bertz CT molecular complexity index is 553. The second-order valence-corrected chi connectivity index (χ2v) is 3.88. The van der Waals surface area contributed by atoms with Gasteiger partial charge in [0.1, 0.15) is 12.4 Å². The fourth-order valence-electron chi connectivity index (χ4n) is 1.38. The summed E-state index contributed by atoms with van der Waals surface area (Å²) >= 11 is 6.09. The van der Waals surface area contributed by atoms with E-state index >= 15 is 0 Å². The quantitative estimate of drug-likeness (QED) is 0.797. The number of benzene rings is 1. The van der Waals surface area contributed by atoms with Crippen molar-refractivity contribution in [2.24, 2.45) is 0 Å². The molecule has 0 fully saturated rings. The fraction of sp³-hybridized carbons (Fsp3) is 0.182. The van der Waals surface area contributed by atoms with Gasteiger partial charge in [0.2, 0.25) is 0 Å². The first kappa shape index (κ1) is 10.7. The molecule has 5 heteroatoms. The minimum Gasteiger partial charge on any atom is -0.247 e. The van der Waals surface area contributed by atoms with E-state index in [9.17, 15) is 0 Å². The van der Waals surface area contributed by atoms with Crippen LogP contribution in [0, 0.1) is 18.3 Å². The Hall–Kier alpha value is -1.86. The molecule has 0 atom stereocenters. The van der Waals surface area contributed by atoms with E-state index in [1.54, 1.807) is 4.68 Å².